The van der Waals surface area contributed by atoms with Crippen LogP contribution in [0, 0.1) is 11.6 Å². The number of halogens is 2. The number of benzene rings is 2. The molecule has 5 nitrogen and oxygen atoms in total. The molecule has 0 saturated heterocycles. The van der Waals surface area contributed by atoms with Gasteiger partial charge >= 0.3 is 0 Å². The summed E-state index contributed by atoms with van der Waals surface area (Å²) >= 11 is 2.93. The van der Waals surface area contributed by atoms with E-state index in [1.54, 1.807) is 26.0 Å². The molecule has 0 unspecified atom stereocenters. The van der Waals surface area contributed by atoms with Gasteiger partial charge in [0, 0.05) is 28.5 Å². The van der Waals surface area contributed by atoms with Gasteiger partial charge in [-0.2, -0.15) is 11.8 Å². The second kappa shape index (κ2) is 9.71. The van der Waals surface area contributed by atoms with E-state index in [4.69, 9.17) is 9.47 Å². The second-order valence-corrected chi connectivity index (χ2v) is 7.78. The molecule has 0 radical (unpaired) electrons. The Labute approximate surface area is 175 Å². The number of carbonyl (C=O) groups excluding carboxylic acids is 1. The molecule has 3 rings (SSSR count). The van der Waals surface area contributed by atoms with Crippen LogP contribution in [-0.2, 0) is 11.5 Å². The molecule has 29 heavy (non-hydrogen) atoms. The van der Waals surface area contributed by atoms with Gasteiger partial charge in [0.15, 0.2) is 16.8 Å². The maximum Gasteiger partial charge on any atom is 0.257 e. The molecule has 152 valence electrons. The van der Waals surface area contributed by atoms with Gasteiger partial charge in [-0.05, 0) is 35.9 Å². The largest absolute Gasteiger partial charge is 0.497 e. The van der Waals surface area contributed by atoms with Crippen LogP contribution in [0.3, 0.4) is 0 Å². The average Bonchev–Trinajstić information content (AvgIpc) is 3.16. The fourth-order valence-electron chi connectivity index (χ4n) is 2.46. The number of rotatable bonds is 8. The molecule has 3 aromatic rings. The van der Waals surface area contributed by atoms with Crippen molar-refractivity contribution in [3.63, 3.8) is 0 Å². The number of methoxy groups -OCH3 is 2. The molecule has 0 fully saturated rings. The maximum absolute atomic E-state index is 13.3. The van der Waals surface area contributed by atoms with Crippen LogP contribution in [0.2, 0.25) is 0 Å². The highest BCUT2D eigenvalue weighted by Gasteiger charge is 2.12. The van der Waals surface area contributed by atoms with Crippen molar-refractivity contribution in [2.45, 2.75) is 11.5 Å². The van der Waals surface area contributed by atoms with Crippen LogP contribution >= 0.6 is 23.1 Å². The van der Waals surface area contributed by atoms with Gasteiger partial charge in [-0.1, -0.05) is 0 Å². The first kappa shape index (κ1) is 21.1. The number of thioether (sulfide) groups is 1. The van der Waals surface area contributed by atoms with Gasteiger partial charge in [0.05, 0.1) is 19.9 Å². The van der Waals surface area contributed by atoms with Crippen LogP contribution in [0.1, 0.15) is 21.6 Å². The van der Waals surface area contributed by atoms with Crippen molar-refractivity contribution >= 4 is 34.1 Å². The standard InChI is InChI=1S/C20H18F2N2O3S2/c1-26-15-5-12(6-16(8-15)27-2)9-28-10-14-11-29-20(23-14)24-19(25)13-3-4-17(21)18(22)7-13/h3-8,11H,9-10H2,1-2H3,(H,23,24,25). The SMILES string of the molecule is COc1cc(CSCc2csc(NC(=O)c3ccc(F)c(F)c3)n2)cc(OC)c1. The van der Waals surface area contributed by atoms with Crippen LogP contribution in [0.25, 0.3) is 0 Å². The summed E-state index contributed by atoms with van der Waals surface area (Å²) in [7, 11) is 3.22. The number of thiazole rings is 1. The number of nitrogens with zero attached hydrogens (tertiary/aromatic N) is 1. The summed E-state index contributed by atoms with van der Waals surface area (Å²) in [5.41, 5.74) is 1.91. The van der Waals surface area contributed by atoms with Crippen molar-refractivity contribution in [2.24, 2.45) is 0 Å². The van der Waals surface area contributed by atoms with Crippen LogP contribution in [0.4, 0.5) is 13.9 Å². The number of anilines is 1. The number of nitrogens with one attached hydrogen (secondary N) is 1. The maximum atomic E-state index is 13.3. The van der Waals surface area contributed by atoms with Gasteiger partial charge in [0.2, 0.25) is 0 Å². The highest BCUT2D eigenvalue weighted by molar-refractivity contribution is 7.97. The van der Waals surface area contributed by atoms with Crippen LogP contribution in [0.5, 0.6) is 11.5 Å². The third-order valence-corrected chi connectivity index (χ3v) is 5.73. The number of aromatic nitrogens is 1. The number of hydrogen-bond acceptors (Lipinski definition) is 6. The van der Waals surface area contributed by atoms with Gasteiger partial charge in [0.1, 0.15) is 11.5 Å². The Morgan fingerprint density at radius 3 is 2.45 bits per heavy atom. The number of carbonyl (C=O) groups is 1. The monoisotopic (exact) mass is 436 g/mol. The highest BCUT2D eigenvalue weighted by Crippen LogP contribution is 2.27. The van der Waals surface area contributed by atoms with Gasteiger partial charge in [0.25, 0.3) is 5.91 Å². The minimum absolute atomic E-state index is 0.0296. The van der Waals surface area contributed by atoms with Gasteiger partial charge < -0.3 is 9.47 Å². The predicted molar refractivity (Wildman–Crippen MR) is 111 cm³/mol. The van der Waals surface area contributed by atoms with E-state index in [0.29, 0.717) is 10.9 Å². The lowest BCUT2D eigenvalue weighted by Crippen LogP contribution is -2.12. The summed E-state index contributed by atoms with van der Waals surface area (Å²) in [6, 6.07) is 8.71. The third-order valence-electron chi connectivity index (χ3n) is 3.88. The Morgan fingerprint density at radius 1 is 1.07 bits per heavy atom. The molecule has 1 heterocycles. The predicted octanol–water partition coefficient (Wildman–Crippen LogP) is 5.12. The molecule has 0 aliphatic carbocycles. The van der Waals surface area contributed by atoms with E-state index in [9.17, 15) is 13.6 Å². The van der Waals surface area contributed by atoms with E-state index in [2.05, 4.69) is 10.3 Å². The number of ether oxygens (including phenoxy) is 2. The highest BCUT2D eigenvalue weighted by atomic mass is 32.2. The molecule has 0 spiro atoms. The summed E-state index contributed by atoms with van der Waals surface area (Å²) < 4.78 is 36.8. The molecule has 0 aliphatic rings. The fraction of sp³-hybridized carbons (Fsp3) is 0.200. The first-order valence-corrected chi connectivity index (χ1v) is 10.5. The first-order valence-electron chi connectivity index (χ1n) is 8.49. The van der Waals surface area contributed by atoms with Gasteiger partial charge in [-0.15, -0.1) is 11.3 Å². The Hall–Kier alpha value is -2.65. The van der Waals surface area contributed by atoms with Gasteiger partial charge in [-0.25, -0.2) is 13.8 Å². The normalized spacial score (nSPS) is 10.6. The lowest BCUT2D eigenvalue weighted by Gasteiger charge is -2.08. The Balaban J connectivity index is 1.55. The molecule has 0 atom stereocenters. The molecular weight excluding hydrogens is 418 g/mol. The zero-order chi connectivity index (χ0) is 20.8. The van der Waals surface area contributed by atoms with Crippen molar-refractivity contribution in [1.82, 2.24) is 4.98 Å². The smallest absolute Gasteiger partial charge is 0.257 e. The minimum Gasteiger partial charge on any atom is -0.497 e. The number of amides is 1. The molecule has 2 aromatic carbocycles. The zero-order valence-corrected chi connectivity index (χ0v) is 17.3. The molecule has 1 N–H and O–H groups in total. The van der Waals surface area contributed by atoms with E-state index in [0.717, 1.165) is 40.6 Å². The summed E-state index contributed by atoms with van der Waals surface area (Å²) in [6.45, 7) is 0. The molecule has 0 aliphatic heterocycles. The second-order valence-electron chi connectivity index (χ2n) is 5.94. The molecular formula is C20H18F2N2O3S2. The van der Waals surface area contributed by atoms with Crippen molar-refractivity contribution in [2.75, 3.05) is 19.5 Å². The van der Waals surface area contributed by atoms with Crippen molar-refractivity contribution in [3.05, 3.63) is 70.2 Å². The van der Waals surface area contributed by atoms with Crippen molar-refractivity contribution in [3.8, 4) is 11.5 Å². The van der Waals surface area contributed by atoms with E-state index < -0.39 is 17.5 Å². The molecule has 9 heteroatoms. The first-order chi connectivity index (χ1) is 14.0. The average molecular weight is 437 g/mol. The zero-order valence-electron chi connectivity index (χ0n) is 15.7. The van der Waals surface area contributed by atoms with E-state index >= 15 is 0 Å². The van der Waals surface area contributed by atoms with Gasteiger partial charge in [-0.3, -0.25) is 10.1 Å². The van der Waals surface area contributed by atoms with Crippen LogP contribution in [0.15, 0.2) is 41.8 Å². The topological polar surface area (TPSA) is 60.5 Å². The van der Waals surface area contributed by atoms with Crippen LogP contribution < -0.4 is 14.8 Å². The lowest BCUT2D eigenvalue weighted by molar-refractivity contribution is 0.102. The third kappa shape index (κ3) is 5.68. The molecule has 1 aromatic heterocycles. The van der Waals surface area contributed by atoms with Crippen molar-refractivity contribution in [1.29, 1.82) is 0 Å². The summed E-state index contributed by atoms with van der Waals surface area (Å²) in [6.07, 6.45) is 0. The minimum atomic E-state index is -1.07. The van der Waals surface area contributed by atoms with Crippen molar-refractivity contribution < 1.29 is 23.0 Å². The molecule has 1 amide bonds. The number of hydrogen-bond donors (Lipinski definition) is 1. The Bertz CT molecular complexity index is 989. The summed E-state index contributed by atoms with van der Waals surface area (Å²) in [4.78, 5) is 16.5. The fourth-order valence-corrected chi connectivity index (χ4v) is 4.13. The Morgan fingerprint density at radius 2 is 1.79 bits per heavy atom. The molecule has 0 saturated carbocycles. The summed E-state index contributed by atoms with van der Waals surface area (Å²) in [5, 5.41) is 4.85. The van der Waals surface area contributed by atoms with Crippen LogP contribution in [-0.4, -0.2) is 25.1 Å². The summed E-state index contributed by atoms with van der Waals surface area (Å²) in [5.74, 6) is 0.248. The lowest BCUT2D eigenvalue weighted by atomic mass is 10.2. The quantitative estimate of drug-likeness (QED) is 0.531. The van der Waals surface area contributed by atoms with E-state index in [1.165, 1.54) is 17.4 Å². The van der Waals surface area contributed by atoms with E-state index in [1.807, 2.05) is 23.6 Å². The molecule has 0 bridgehead atoms. The Kier molecular flexibility index (Phi) is 7.05. The van der Waals surface area contributed by atoms with E-state index in [-0.39, 0.29) is 5.56 Å².